The summed E-state index contributed by atoms with van der Waals surface area (Å²) in [6, 6.07) is 14.4. The second-order valence-corrected chi connectivity index (χ2v) is 5.12. The van der Waals surface area contributed by atoms with Crippen molar-refractivity contribution < 1.29 is 5.11 Å². The summed E-state index contributed by atoms with van der Waals surface area (Å²) < 4.78 is 0. The zero-order valence-electron chi connectivity index (χ0n) is 11.8. The molecular formula is C17H21NO. The van der Waals surface area contributed by atoms with Gasteiger partial charge in [0.25, 0.3) is 0 Å². The molecule has 0 saturated carbocycles. The van der Waals surface area contributed by atoms with Crippen molar-refractivity contribution in [3.05, 3.63) is 64.7 Å². The third-order valence-corrected chi connectivity index (χ3v) is 3.34. The van der Waals surface area contributed by atoms with Gasteiger partial charge in [0.1, 0.15) is 0 Å². The van der Waals surface area contributed by atoms with E-state index >= 15 is 0 Å². The molecular weight excluding hydrogens is 234 g/mol. The summed E-state index contributed by atoms with van der Waals surface area (Å²) in [6.07, 6.45) is -0.485. The van der Waals surface area contributed by atoms with Crippen LogP contribution in [0.25, 0.3) is 0 Å². The van der Waals surface area contributed by atoms with Gasteiger partial charge in [-0.25, -0.2) is 0 Å². The molecule has 2 aromatic rings. The first-order valence-electron chi connectivity index (χ1n) is 6.62. The van der Waals surface area contributed by atoms with Gasteiger partial charge < -0.3 is 10.4 Å². The standard InChI is InChI=1S/C17H21NO/c1-12-5-8-15(9-6-12)18-11-17(19)16-10-13(2)4-7-14(16)3/h4-10,17-19H,11H2,1-3H3. The highest BCUT2D eigenvalue weighted by Gasteiger charge is 2.10. The van der Waals surface area contributed by atoms with E-state index in [1.54, 1.807) is 0 Å². The highest BCUT2D eigenvalue weighted by atomic mass is 16.3. The quantitative estimate of drug-likeness (QED) is 0.872. The molecule has 0 bridgehead atoms. The Balaban J connectivity index is 2.03. The van der Waals surface area contributed by atoms with Crippen LogP contribution < -0.4 is 5.32 Å². The van der Waals surface area contributed by atoms with Crippen LogP contribution in [0.15, 0.2) is 42.5 Å². The average molecular weight is 255 g/mol. The largest absolute Gasteiger partial charge is 0.387 e. The number of aliphatic hydroxyl groups excluding tert-OH is 1. The minimum absolute atomic E-state index is 0.485. The van der Waals surface area contributed by atoms with Crippen LogP contribution in [0.4, 0.5) is 5.69 Å². The zero-order valence-corrected chi connectivity index (χ0v) is 11.8. The lowest BCUT2D eigenvalue weighted by Gasteiger charge is -2.16. The molecule has 2 nitrogen and oxygen atoms in total. The Bertz CT molecular complexity index is 546. The summed E-state index contributed by atoms with van der Waals surface area (Å²) in [5, 5.41) is 13.5. The topological polar surface area (TPSA) is 32.3 Å². The Morgan fingerprint density at radius 1 is 0.947 bits per heavy atom. The molecule has 0 saturated heterocycles. The molecule has 0 aliphatic rings. The Kier molecular flexibility index (Phi) is 4.23. The highest BCUT2D eigenvalue weighted by Crippen LogP contribution is 2.20. The summed E-state index contributed by atoms with van der Waals surface area (Å²) >= 11 is 0. The van der Waals surface area contributed by atoms with Crippen LogP contribution in [0.2, 0.25) is 0 Å². The van der Waals surface area contributed by atoms with E-state index < -0.39 is 6.10 Å². The monoisotopic (exact) mass is 255 g/mol. The van der Waals surface area contributed by atoms with Gasteiger partial charge in [-0.1, -0.05) is 41.5 Å². The van der Waals surface area contributed by atoms with Crippen molar-refractivity contribution in [2.24, 2.45) is 0 Å². The maximum Gasteiger partial charge on any atom is 0.0964 e. The molecule has 0 aromatic heterocycles. The van der Waals surface area contributed by atoms with Gasteiger partial charge in [0.2, 0.25) is 0 Å². The third kappa shape index (κ3) is 3.58. The average Bonchev–Trinajstić information content (AvgIpc) is 2.40. The molecule has 1 atom stereocenters. The van der Waals surface area contributed by atoms with Crippen LogP contribution in [0.1, 0.15) is 28.4 Å². The van der Waals surface area contributed by atoms with E-state index in [0.717, 1.165) is 16.8 Å². The van der Waals surface area contributed by atoms with E-state index in [2.05, 4.69) is 42.6 Å². The van der Waals surface area contributed by atoms with Crippen LogP contribution in [0, 0.1) is 20.8 Å². The van der Waals surface area contributed by atoms with E-state index in [4.69, 9.17) is 0 Å². The normalized spacial score (nSPS) is 12.2. The fourth-order valence-corrected chi connectivity index (χ4v) is 2.11. The van der Waals surface area contributed by atoms with Crippen LogP contribution in [-0.4, -0.2) is 11.7 Å². The Labute approximate surface area is 115 Å². The summed E-state index contributed by atoms with van der Waals surface area (Å²) in [4.78, 5) is 0. The highest BCUT2D eigenvalue weighted by molar-refractivity contribution is 5.45. The molecule has 0 radical (unpaired) electrons. The summed E-state index contributed by atoms with van der Waals surface area (Å²) in [5.74, 6) is 0. The second-order valence-electron chi connectivity index (χ2n) is 5.12. The summed E-state index contributed by atoms with van der Waals surface area (Å²) in [7, 11) is 0. The molecule has 19 heavy (non-hydrogen) atoms. The van der Waals surface area contributed by atoms with Crippen LogP contribution in [0.5, 0.6) is 0 Å². The zero-order chi connectivity index (χ0) is 13.8. The van der Waals surface area contributed by atoms with E-state index in [1.165, 1.54) is 11.1 Å². The Hall–Kier alpha value is -1.80. The molecule has 0 fully saturated rings. The van der Waals surface area contributed by atoms with Crippen molar-refractivity contribution in [2.75, 3.05) is 11.9 Å². The molecule has 1 unspecified atom stereocenters. The van der Waals surface area contributed by atoms with Crippen molar-refractivity contribution in [1.82, 2.24) is 0 Å². The third-order valence-electron chi connectivity index (χ3n) is 3.34. The maximum atomic E-state index is 10.3. The molecule has 100 valence electrons. The SMILES string of the molecule is Cc1ccc(NCC(O)c2cc(C)ccc2C)cc1. The predicted molar refractivity (Wildman–Crippen MR) is 80.5 cm³/mol. The van der Waals surface area contributed by atoms with Gasteiger partial charge in [-0.3, -0.25) is 0 Å². The van der Waals surface area contributed by atoms with Crippen LogP contribution in [-0.2, 0) is 0 Å². The molecule has 0 amide bonds. The maximum absolute atomic E-state index is 10.3. The predicted octanol–water partition coefficient (Wildman–Crippen LogP) is 3.76. The van der Waals surface area contributed by atoms with Gasteiger partial charge in [0, 0.05) is 12.2 Å². The van der Waals surface area contributed by atoms with E-state index in [1.807, 2.05) is 26.0 Å². The fraction of sp³-hybridized carbons (Fsp3) is 0.294. The van der Waals surface area contributed by atoms with E-state index in [9.17, 15) is 5.11 Å². The van der Waals surface area contributed by atoms with Gasteiger partial charge in [-0.05, 0) is 44.0 Å². The van der Waals surface area contributed by atoms with Crippen molar-refractivity contribution in [3.63, 3.8) is 0 Å². The van der Waals surface area contributed by atoms with Gasteiger partial charge >= 0.3 is 0 Å². The number of aryl methyl sites for hydroxylation is 3. The van der Waals surface area contributed by atoms with Gasteiger partial charge in [-0.15, -0.1) is 0 Å². The molecule has 2 rings (SSSR count). The fourth-order valence-electron chi connectivity index (χ4n) is 2.11. The number of hydrogen-bond donors (Lipinski definition) is 2. The lowest BCUT2D eigenvalue weighted by molar-refractivity contribution is 0.191. The molecule has 0 aliphatic carbocycles. The first-order valence-corrected chi connectivity index (χ1v) is 6.62. The minimum atomic E-state index is -0.485. The number of anilines is 1. The van der Waals surface area contributed by atoms with Gasteiger partial charge in [0.05, 0.1) is 6.10 Å². The van der Waals surface area contributed by atoms with Crippen LogP contribution >= 0.6 is 0 Å². The molecule has 2 N–H and O–H groups in total. The van der Waals surface area contributed by atoms with Crippen LogP contribution in [0.3, 0.4) is 0 Å². The molecule has 0 aliphatic heterocycles. The second kappa shape index (κ2) is 5.89. The van der Waals surface area contributed by atoms with E-state index in [-0.39, 0.29) is 0 Å². The Morgan fingerprint density at radius 3 is 2.26 bits per heavy atom. The van der Waals surface area contributed by atoms with Gasteiger partial charge in [0.15, 0.2) is 0 Å². The smallest absolute Gasteiger partial charge is 0.0964 e. The van der Waals surface area contributed by atoms with Gasteiger partial charge in [-0.2, -0.15) is 0 Å². The number of benzene rings is 2. The number of aliphatic hydroxyl groups is 1. The van der Waals surface area contributed by atoms with Crippen molar-refractivity contribution in [2.45, 2.75) is 26.9 Å². The molecule has 0 heterocycles. The van der Waals surface area contributed by atoms with Crippen molar-refractivity contribution in [1.29, 1.82) is 0 Å². The number of nitrogens with one attached hydrogen (secondary N) is 1. The molecule has 0 spiro atoms. The van der Waals surface area contributed by atoms with Crippen molar-refractivity contribution in [3.8, 4) is 0 Å². The summed E-state index contributed by atoms with van der Waals surface area (Å²) in [5.41, 5.74) is 5.58. The molecule has 2 heteroatoms. The molecule has 2 aromatic carbocycles. The number of hydrogen-bond acceptors (Lipinski definition) is 2. The van der Waals surface area contributed by atoms with Crippen molar-refractivity contribution >= 4 is 5.69 Å². The Morgan fingerprint density at radius 2 is 1.58 bits per heavy atom. The first kappa shape index (κ1) is 13.6. The lowest BCUT2D eigenvalue weighted by Crippen LogP contribution is -2.13. The van der Waals surface area contributed by atoms with E-state index in [0.29, 0.717) is 6.54 Å². The first-order chi connectivity index (χ1) is 9.06. The number of rotatable bonds is 4. The minimum Gasteiger partial charge on any atom is -0.387 e. The summed E-state index contributed by atoms with van der Waals surface area (Å²) in [6.45, 7) is 6.66. The lowest BCUT2D eigenvalue weighted by atomic mass is 10.0.